The summed E-state index contributed by atoms with van der Waals surface area (Å²) in [6, 6.07) is 10.3. The molecular weight excluding hydrogens is 495 g/mol. The van der Waals surface area contributed by atoms with Crippen molar-refractivity contribution in [2.24, 2.45) is 0 Å². The highest BCUT2D eigenvalue weighted by molar-refractivity contribution is 7.98. The Labute approximate surface area is 207 Å². The Kier molecular flexibility index (Phi) is 7.42. The van der Waals surface area contributed by atoms with Crippen LogP contribution in [0.4, 0.5) is 14.9 Å². The zero-order valence-corrected chi connectivity index (χ0v) is 20.0. The van der Waals surface area contributed by atoms with Gasteiger partial charge in [-0.25, -0.2) is 9.18 Å². The van der Waals surface area contributed by atoms with E-state index in [1.54, 1.807) is 24.0 Å². The number of nitrogens with zero attached hydrogens (tertiary/aromatic N) is 4. The number of non-ortho nitro benzene ring substituents is 1. The van der Waals surface area contributed by atoms with E-state index < -0.39 is 16.8 Å². The molecule has 0 aliphatic carbocycles. The lowest BCUT2D eigenvalue weighted by Gasteiger charge is -2.18. The van der Waals surface area contributed by atoms with Gasteiger partial charge in [-0.2, -0.15) is 11.8 Å². The number of benzene rings is 1. The van der Waals surface area contributed by atoms with E-state index in [0.717, 1.165) is 16.5 Å². The van der Waals surface area contributed by atoms with Crippen molar-refractivity contribution in [2.45, 2.75) is 6.54 Å². The Morgan fingerprint density at radius 1 is 1.23 bits per heavy atom. The lowest BCUT2D eigenvalue weighted by atomic mass is 10.2. The van der Waals surface area contributed by atoms with Gasteiger partial charge in [0.05, 0.1) is 38.3 Å². The maximum atomic E-state index is 14.3. The summed E-state index contributed by atoms with van der Waals surface area (Å²) < 4.78 is 20.7. The highest BCUT2D eigenvalue weighted by Crippen LogP contribution is 2.39. The van der Waals surface area contributed by atoms with Crippen LogP contribution in [0.25, 0.3) is 20.8 Å². The van der Waals surface area contributed by atoms with Crippen molar-refractivity contribution in [1.82, 2.24) is 14.9 Å². The molecule has 0 saturated heterocycles. The van der Waals surface area contributed by atoms with Crippen molar-refractivity contribution in [3.8, 4) is 22.1 Å². The monoisotopic (exact) mass is 514 g/mol. The van der Waals surface area contributed by atoms with E-state index in [1.165, 1.54) is 34.6 Å². The number of thioether (sulfide) groups is 1. The van der Waals surface area contributed by atoms with Crippen LogP contribution in [0.15, 0.2) is 54.9 Å². The standard InChI is InChI=1S/C23H19FN4O5S2/c1-34-9-8-27(23(29)30)13-14-2-4-17(26-12-14)21-11-18-22(35-21)20(6-7-25-18)33-19-5-3-15(28(31)32)10-16(19)24/h2-7,10-12H,8-9,13H2,1H3,(H,29,30). The van der Waals surface area contributed by atoms with Crippen LogP contribution in [0.3, 0.4) is 0 Å². The lowest BCUT2D eigenvalue weighted by molar-refractivity contribution is -0.385. The summed E-state index contributed by atoms with van der Waals surface area (Å²) in [6.07, 6.45) is 4.13. The average molecular weight is 515 g/mol. The van der Waals surface area contributed by atoms with Gasteiger partial charge in [0.1, 0.15) is 5.75 Å². The second-order valence-electron chi connectivity index (χ2n) is 7.36. The third-order valence-corrected chi connectivity index (χ3v) is 6.76. The molecule has 1 amide bonds. The molecule has 0 fully saturated rings. The van der Waals surface area contributed by atoms with Crippen LogP contribution in [0.2, 0.25) is 0 Å². The summed E-state index contributed by atoms with van der Waals surface area (Å²) >= 11 is 2.94. The van der Waals surface area contributed by atoms with E-state index in [4.69, 9.17) is 4.74 Å². The summed E-state index contributed by atoms with van der Waals surface area (Å²) in [4.78, 5) is 32.6. The molecule has 4 aromatic rings. The quantitative estimate of drug-likeness (QED) is 0.212. The smallest absolute Gasteiger partial charge is 0.407 e. The topological polar surface area (TPSA) is 119 Å². The number of amides is 1. The predicted molar refractivity (Wildman–Crippen MR) is 133 cm³/mol. The van der Waals surface area contributed by atoms with E-state index in [2.05, 4.69) is 9.97 Å². The first kappa shape index (κ1) is 24.4. The molecule has 1 N–H and O–H groups in total. The highest BCUT2D eigenvalue weighted by atomic mass is 32.2. The fourth-order valence-corrected chi connectivity index (χ4v) is 4.70. The molecule has 3 heterocycles. The molecule has 3 aromatic heterocycles. The summed E-state index contributed by atoms with van der Waals surface area (Å²) in [5, 5.41) is 20.2. The molecule has 4 rings (SSSR count). The number of carboxylic acid groups (broad SMARTS) is 1. The first-order valence-electron chi connectivity index (χ1n) is 10.3. The van der Waals surface area contributed by atoms with Gasteiger partial charge in [-0.15, -0.1) is 11.3 Å². The minimum Gasteiger partial charge on any atom is -0.465 e. The molecule has 0 aliphatic heterocycles. The number of ether oxygens (including phenoxy) is 1. The highest BCUT2D eigenvalue weighted by Gasteiger charge is 2.16. The van der Waals surface area contributed by atoms with E-state index in [9.17, 15) is 24.4 Å². The number of fused-ring (bicyclic) bond motifs is 1. The molecule has 0 saturated carbocycles. The number of carbonyl (C=O) groups is 1. The van der Waals surface area contributed by atoms with Gasteiger partial charge in [0.15, 0.2) is 11.6 Å². The van der Waals surface area contributed by atoms with E-state index >= 15 is 0 Å². The van der Waals surface area contributed by atoms with Crippen LogP contribution in [-0.2, 0) is 6.54 Å². The zero-order valence-electron chi connectivity index (χ0n) is 18.4. The Balaban J connectivity index is 1.56. The molecule has 0 atom stereocenters. The first-order chi connectivity index (χ1) is 16.9. The Morgan fingerprint density at radius 3 is 2.71 bits per heavy atom. The molecule has 9 nitrogen and oxygen atoms in total. The van der Waals surface area contributed by atoms with Gasteiger partial charge in [-0.1, -0.05) is 6.07 Å². The van der Waals surface area contributed by atoms with Crippen LogP contribution in [0.1, 0.15) is 5.56 Å². The number of hydrogen-bond donors (Lipinski definition) is 1. The molecule has 0 radical (unpaired) electrons. The third-order valence-electron chi connectivity index (χ3n) is 5.01. The van der Waals surface area contributed by atoms with E-state index in [-0.39, 0.29) is 18.0 Å². The molecule has 1 aromatic carbocycles. The number of aromatic nitrogens is 2. The number of rotatable bonds is 9. The number of thiophene rings is 1. The molecule has 35 heavy (non-hydrogen) atoms. The number of halogens is 1. The Morgan fingerprint density at radius 2 is 2.06 bits per heavy atom. The van der Waals surface area contributed by atoms with Gasteiger partial charge in [0.25, 0.3) is 5.69 Å². The molecule has 0 bridgehead atoms. The van der Waals surface area contributed by atoms with Crippen molar-refractivity contribution in [3.63, 3.8) is 0 Å². The zero-order chi connectivity index (χ0) is 24.9. The van der Waals surface area contributed by atoms with Crippen LogP contribution < -0.4 is 4.74 Å². The van der Waals surface area contributed by atoms with Crippen LogP contribution >= 0.6 is 23.1 Å². The number of pyridine rings is 2. The minimum absolute atomic E-state index is 0.134. The SMILES string of the molecule is CSCCN(Cc1ccc(-c2cc3nccc(Oc4ccc([N+](=O)[O-])cc4F)c3s2)nc1)C(=O)O. The third kappa shape index (κ3) is 5.66. The molecular formula is C23H19FN4O5S2. The van der Waals surface area contributed by atoms with Crippen molar-refractivity contribution in [1.29, 1.82) is 0 Å². The number of nitro groups is 1. The van der Waals surface area contributed by atoms with Crippen LogP contribution in [-0.4, -0.2) is 49.5 Å². The van der Waals surface area contributed by atoms with Crippen molar-refractivity contribution >= 4 is 45.1 Å². The van der Waals surface area contributed by atoms with Gasteiger partial charge in [-0.05, 0) is 30.0 Å². The average Bonchev–Trinajstić information content (AvgIpc) is 3.28. The summed E-state index contributed by atoms with van der Waals surface area (Å²) in [5.41, 5.74) is 1.72. The van der Waals surface area contributed by atoms with Gasteiger partial charge in [-0.3, -0.25) is 20.1 Å². The Bertz CT molecular complexity index is 1380. The van der Waals surface area contributed by atoms with Gasteiger partial charge >= 0.3 is 6.09 Å². The molecule has 12 heteroatoms. The summed E-state index contributed by atoms with van der Waals surface area (Å²) in [6.45, 7) is 0.675. The molecule has 0 spiro atoms. The fourth-order valence-electron chi connectivity index (χ4n) is 3.25. The summed E-state index contributed by atoms with van der Waals surface area (Å²) in [7, 11) is 0. The minimum atomic E-state index is -0.976. The number of hydrogen-bond acceptors (Lipinski definition) is 8. The van der Waals surface area contributed by atoms with Crippen molar-refractivity contribution < 1.29 is 24.0 Å². The normalized spacial score (nSPS) is 10.9. The number of nitro benzene ring substituents is 1. The molecule has 180 valence electrons. The molecule has 0 unspecified atom stereocenters. The van der Waals surface area contributed by atoms with Crippen molar-refractivity contribution in [3.05, 3.63) is 76.4 Å². The van der Waals surface area contributed by atoms with Gasteiger partial charge in [0, 0.05) is 36.8 Å². The lowest BCUT2D eigenvalue weighted by Crippen LogP contribution is -2.31. The van der Waals surface area contributed by atoms with Gasteiger partial charge in [0.2, 0.25) is 0 Å². The van der Waals surface area contributed by atoms with Crippen LogP contribution in [0, 0.1) is 15.9 Å². The maximum absolute atomic E-state index is 14.3. The molecule has 0 aliphatic rings. The predicted octanol–water partition coefficient (Wildman–Crippen LogP) is 6.04. The first-order valence-corrected chi connectivity index (χ1v) is 12.5. The largest absolute Gasteiger partial charge is 0.465 e. The maximum Gasteiger partial charge on any atom is 0.407 e. The fraction of sp³-hybridized carbons (Fsp3) is 0.174. The van der Waals surface area contributed by atoms with E-state index in [0.29, 0.717) is 34.0 Å². The Hall–Kier alpha value is -3.77. The van der Waals surface area contributed by atoms with Crippen LogP contribution in [0.5, 0.6) is 11.5 Å². The van der Waals surface area contributed by atoms with Crippen molar-refractivity contribution in [2.75, 3.05) is 18.6 Å². The van der Waals surface area contributed by atoms with Gasteiger partial charge < -0.3 is 14.7 Å². The second-order valence-corrected chi connectivity index (χ2v) is 9.39. The second kappa shape index (κ2) is 10.7. The van der Waals surface area contributed by atoms with E-state index in [1.807, 2.05) is 24.5 Å². The summed E-state index contributed by atoms with van der Waals surface area (Å²) in [5.74, 6) is 0.0958.